The summed E-state index contributed by atoms with van der Waals surface area (Å²) in [6, 6.07) is 13.0. The Bertz CT molecular complexity index is 1840. The summed E-state index contributed by atoms with van der Waals surface area (Å²) >= 11 is 0. The van der Waals surface area contributed by atoms with E-state index in [1.54, 1.807) is 36.7 Å². The van der Waals surface area contributed by atoms with Gasteiger partial charge in [-0.15, -0.1) is 0 Å². The van der Waals surface area contributed by atoms with Crippen molar-refractivity contribution in [1.29, 1.82) is 0 Å². The van der Waals surface area contributed by atoms with Gasteiger partial charge in [-0.05, 0) is 41.8 Å². The third-order valence-electron chi connectivity index (χ3n) is 6.84. The number of aryl methyl sites for hydroxylation is 1. The lowest BCUT2D eigenvalue weighted by molar-refractivity contribution is 0.100. The summed E-state index contributed by atoms with van der Waals surface area (Å²) in [5.74, 6) is -0.709. The number of ether oxygens (including phenoxy) is 1. The standard InChI is InChI=1S/C29H27FN4O5S/c1-4-19-20-6-5-12-32-23(20)14-24(26(19)21-11-13-33-29-27(21)22(16-38-29)28(31)35)39-25(15-34(2)40(3,36)37)17-7-9-18(30)10-8-17/h5-14,16,25H,4,15H2,1-3H3,(H2,31,35). The molecule has 5 aromatic rings. The van der Waals surface area contributed by atoms with Gasteiger partial charge in [0, 0.05) is 42.0 Å². The molecule has 0 radical (unpaired) electrons. The van der Waals surface area contributed by atoms with Crippen LogP contribution in [0, 0.1) is 5.82 Å². The fraction of sp³-hybridized carbons (Fsp3) is 0.207. The first kappa shape index (κ1) is 27.2. The van der Waals surface area contributed by atoms with Crippen molar-refractivity contribution in [3.8, 4) is 16.9 Å². The number of benzene rings is 2. The molecule has 11 heteroatoms. The number of primary amides is 1. The molecule has 1 amide bonds. The van der Waals surface area contributed by atoms with Crippen molar-refractivity contribution >= 4 is 37.9 Å². The molecule has 5 rings (SSSR count). The zero-order valence-electron chi connectivity index (χ0n) is 22.1. The SMILES string of the molecule is CCc1c(-c2ccnc3occ(C(N)=O)c23)c(OC(CN(C)S(C)(=O)=O)c2ccc(F)cc2)cc2ncccc12. The topological polar surface area (TPSA) is 129 Å². The number of rotatable bonds is 9. The van der Waals surface area contributed by atoms with Gasteiger partial charge in [0.2, 0.25) is 15.7 Å². The zero-order chi connectivity index (χ0) is 28.6. The molecule has 3 heterocycles. The fourth-order valence-electron chi connectivity index (χ4n) is 4.79. The lowest BCUT2D eigenvalue weighted by atomic mass is 9.91. The number of carbonyl (C=O) groups excluding carboxylic acids is 1. The van der Waals surface area contributed by atoms with Gasteiger partial charge in [0.05, 0.1) is 29.3 Å². The van der Waals surface area contributed by atoms with Crippen molar-refractivity contribution in [2.24, 2.45) is 5.73 Å². The summed E-state index contributed by atoms with van der Waals surface area (Å²) in [7, 11) is -2.11. The predicted octanol–water partition coefficient (Wildman–Crippen LogP) is 4.85. The van der Waals surface area contributed by atoms with Crippen LogP contribution in [0.4, 0.5) is 4.39 Å². The molecule has 0 bridgehead atoms. The van der Waals surface area contributed by atoms with E-state index in [0.717, 1.165) is 17.2 Å². The van der Waals surface area contributed by atoms with Crippen LogP contribution in [0.3, 0.4) is 0 Å². The average molecular weight is 563 g/mol. The molecule has 0 aliphatic carbocycles. The number of carbonyl (C=O) groups is 1. The quantitative estimate of drug-likeness (QED) is 0.272. The number of hydrogen-bond donors (Lipinski definition) is 1. The van der Waals surface area contributed by atoms with Crippen LogP contribution in [-0.4, -0.2) is 48.4 Å². The molecule has 0 saturated carbocycles. The molecule has 3 aromatic heterocycles. The average Bonchev–Trinajstić information content (AvgIpc) is 3.37. The van der Waals surface area contributed by atoms with E-state index in [4.69, 9.17) is 14.9 Å². The number of sulfonamides is 1. The van der Waals surface area contributed by atoms with Crippen molar-refractivity contribution in [3.05, 3.63) is 89.7 Å². The minimum absolute atomic E-state index is 0.0460. The minimum atomic E-state index is -3.56. The molecular weight excluding hydrogens is 535 g/mol. The number of furan rings is 1. The van der Waals surface area contributed by atoms with Gasteiger partial charge in [0.25, 0.3) is 5.91 Å². The highest BCUT2D eigenvalue weighted by Gasteiger charge is 2.26. The molecule has 2 aromatic carbocycles. The second-order valence-corrected chi connectivity index (χ2v) is 11.5. The largest absolute Gasteiger partial charge is 0.484 e. The summed E-state index contributed by atoms with van der Waals surface area (Å²) in [6.07, 6.45) is 5.38. The maximum atomic E-state index is 13.8. The van der Waals surface area contributed by atoms with Crippen molar-refractivity contribution in [1.82, 2.24) is 14.3 Å². The Kier molecular flexibility index (Phi) is 7.26. The monoisotopic (exact) mass is 562 g/mol. The van der Waals surface area contributed by atoms with Crippen LogP contribution >= 0.6 is 0 Å². The lowest BCUT2D eigenvalue weighted by Crippen LogP contribution is -2.32. The molecule has 0 spiro atoms. The van der Waals surface area contributed by atoms with E-state index in [1.165, 1.54) is 29.7 Å². The number of pyridine rings is 2. The number of aromatic nitrogens is 2. The van der Waals surface area contributed by atoms with Crippen molar-refractivity contribution in [2.75, 3.05) is 19.8 Å². The smallest absolute Gasteiger partial charge is 0.252 e. The first-order chi connectivity index (χ1) is 19.1. The van der Waals surface area contributed by atoms with Gasteiger partial charge in [0.1, 0.15) is 23.9 Å². The number of hydrogen-bond acceptors (Lipinski definition) is 7. The van der Waals surface area contributed by atoms with Gasteiger partial charge in [-0.1, -0.05) is 25.1 Å². The molecule has 1 atom stereocenters. The van der Waals surface area contributed by atoms with Crippen molar-refractivity contribution in [2.45, 2.75) is 19.4 Å². The molecule has 9 nitrogen and oxygen atoms in total. The third-order valence-corrected chi connectivity index (χ3v) is 8.12. The van der Waals surface area contributed by atoms with Crippen LogP contribution in [0.2, 0.25) is 0 Å². The molecular formula is C29H27FN4O5S. The first-order valence-electron chi connectivity index (χ1n) is 12.5. The maximum Gasteiger partial charge on any atom is 0.252 e. The normalized spacial score (nSPS) is 12.7. The number of nitrogens with two attached hydrogens (primary N) is 1. The minimum Gasteiger partial charge on any atom is -0.484 e. The number of halogens is 1. The molecule has 0 aliphatic heterocycles. The van der Waals surface area contributed by atoms with E-state index in [9.17, 15) is 17.6 Å². The third kappa shape index (κ3) is 5.13. The van der Waals surface area contributed by atoms with Crippen LogP contribution in [0.25, 0.3) is 33.1 Å². The summed E-state index contributed by atoms with van der Waals surface area (Å²) in [4.78, 5) is 21.1. The summed E-state index contributed by atoms with van der Waals surface area (Å²) in [5.41, 5.74) is 9.48. The van der Waals surface area contributed by atoms with Gasteiger partial charge < -0.3 is 14.9 Å². The highest BCUT2D eigenvalue weighted by atomic mass is 32.2. The second-order valence-electron chi connectivity index (χ2n) is 9.41. The number of nitrogens with zero attached hydrogens (tertiary/aromatic N) is 3. The highest BCUT2D eigenvalue weighted by molar-refractivity contribution is 7.88. The molecule has 2 N–H and O–H groups in total. The van der Waals surface area contributed by atoms with E-state index in [-0.39, 0.29) is 17.8 Å². The van der Waals surface area contributed by atoms with Gasteiger partial charge in [-0.2, -0.15) is 0 Å². The van der Waals surface area contributed by atoms with E-state index in [1.807, 2.05) is 19.1 Å². The number of amides is 1. The summed E-state index contributed by atoms with van der Waals surface area (Å²) in [5, 5.41) is 1.32. The van der Waals surface area contributed by atoms with Gasteiger partial charge >= 0.3 is 0 Å². The van der Waals surface area contributed by atoms with Crippen LogP contribution < -0.4 is 10.5 Å². The molecule has 0 saturated heterocycles. The Hall–Kier alpha value is -4.35. The molecule has 206 valence electrons. The number of likely N-dealkylation sites (N-methyl/N-ethyl adjacent to an activating group) is 1. The molecule has 0 aliphatic rings. The lowest BCUT2D eigenvalue weighted by Gasteiger charge is -2.27. The Morgan fingerprint density at radius 3 is 2.58 bits per heavy atom. The number of fused-ring (bicyclic) bond motifs is 2. The second kappa shape index (κ2) is 10.7. The zero-order valence-corrected chi connectivity index (χ0v) is 22.9. The molecule has 0 fully saturated rings. The van der Waals surface area contributed by atoms with Crippen LogP contribution in [-0.2, 0) is 16.4 Å². The van der Waals surface area contributed by atoms with E-state index < -0.39 is 27.9 Å². The Morgan fingerprint density at radius 1 is 1.15 bits per heavy atom. The Labute approximate surface area is 230 Å². The van der Waals surface area contributed by atoms with Gasteiger partial charge in [-0.3, -0.25) is 9.78 Å². The fourth-order valence-corrected chi connectivity index (χ4v) is 5.19. The first-order valence-corrected chi connectivity index (χ1v) is 14.3. The highest BCUT2D eigenvalue weighted by Crippen LogP contribution is 2.44. The van der Waals surface area contributed by atoms with E-state index in [0.29, 0.717) is 39.8 Å². The van der Waals surface area contributed by atoms with Crippen LogP contribution in [0.1, 0.15) is 34.5 Å². The Morgan fingerprint density at radius 2 is 1.90 bits per heavy atom. The van der Waals surface area contributed by atoms with Crippen molar-refractivity contribution in [3.63, 3.8) is 0 Å². The molecule has 1 unspecified atom stereocenters. The summed E-state index contributed by atoms with van der Waals surface area (Å²) in [6.45, 7) is 1.95. The van der Waals surface area contributed by atoms with Crippen LogP contribution in [0.15, 0.2) is 71.6 Å². The van der Waals surface area contributed by atoms with E-state index in [2.05, 4.69) is 9.97 Å². The maximum absolute atomic E-state index is 13.8. The summed E-state index contributed by atoms with van der Waals surface area (Å²) < 4.78 is 51.8. The Balaban J connectivity index is 1.78. The van der Waals surface area contributed by atoms with Crippen LogP contribution in [0.5, 0.6) is 5.75 Å². The molecule has 40 heavy (non-hydrogen) atoms. The van der Waals surface area contributed by atoms with Crippen molar-refractivity contribution < 1.29 is 26.8 Å². The van der Waals surface area contributed by atoms with E-state index >= 15 is 0 Å². The van der Waals surface area contributed by atoms with Gasteiger partial charge in [0.15, 0.2) is 0 Å². The van der Waals surface area contributed by atoms with Gasteiger partial charge in [-0.25, -0.2) is 22.1 Å². The predicted molar refractivity (Wildman–Crippen MR) is 150 cm³/mol.